The van der Waals surface area contributed by atoms with Gasteiger partial charge in [0, 0.05) is 17.7 Å². The summed E-state index contributed by atoms with van der Waals surface area (Å²) < 4.78 is 12.7. The lowest BCUT2D eigenvalue weighted by Crippen LogP contribution is -2.38. The number of aromatic nitrogens is 3. The van der Waals surface area contributed by atoms with Crippen molar-refractivity contribution in [3.63, 3.8) is 0 Å². The van der Waals surface area contributed by atoms with Gasteiger partial charge in [0.2, 0.25) is 5.95 Å². The fourth-order valence-corrected chi connectivity index (χ4v) is 4.25. The highest BCUT2D eigenvalue weighted by atomic mass is 16.5. The molecule has 0 amide bonds. The Balaban J connectivity index is 1.68. The molecule has 0 spiro atoms. The molecule has 0 radical (unpaired) electrons. The van der Waals surface area contributed by atoms with Crippen LogP contribution in [0.15, 0.2) is 60.3 Å². The molecule has 1 aliphatic heterocycles. The number of hydrogen-bond donors (Lipinski definition) is 1. The van der Waals surface area contributed by atoms with Crippen LogP contribution in [0.4, 0.5) is 5.95 Å². The second-order valence-corrected chi connectivity index (χ2v) is 7.40. The number of benzene rings is 2. The Labute approximate surface area is 174 Å². The normalized spacial score (nSPS) is 19.9. The Morgan fingerprint density at radius 2 is 1.87 bits per heavy atom. The van der Waals surface area contributed by atoms with Gasteiger partial charge in [-0.2, -0.15) is 4.98 Å². The van der Waals surface area contributed by atoms with Gasteiger partial charge >= 0.3 is 0 Å². The van der Waals surface area contributed by atoms with Crippen molar-refractivity contribution in [3.05, 3.63) is 65.9 Å². The van der Waals surface area contributed by atoms with E-state index in [1.807, 2.05) is 53.2 Å². The van der Waals surface area contributed by atoms with Crippen LogP contribution in [-0.4, -0.2) is 34.8 Å². The molecule has 0 saturated heterocycles. The number of hydrogen-bond acceptors (Lipinski definition) is 6. The highest BCUT2D eigenvalue weighted by Gasteiger charge is 2.42. The zero-order valence-corrected chi connectivity index (χ0v) is 16.8. The number of anilines is 1. The summed E-state index contributed by atoms with van der Waals surface area (Å²) in [5.41, 5.74) is 2.74. The van der Waals surface area contributed by atoms with E-state index in [-0.39, 0.29) is 17.7 Å². The summed E-state index contributed by atoms with van der Waals surface area (Å²) in [5, 5.41) is 8.14. The third-order valence-corrected chi connectivity index (χ3v) is 5.68. The summed E-state index contributed by atoms with van der Waals surface area (Å²) in [7, 11) is 3.21. The van der Waals surface area contributed by atoms with Gasteiger partial charge in [0.25, 0.3) is 0 Å². The summed E-state index contributed by atoms with van der Waals surface area (Å²) >= 11 is 0. The van der Waals surface area contributed by atoms with E-state index in [4.69, 9.17) is 19.6 Å². The Kier molecular flexibility index (Phi) is 4.50. The van der Waals surface area contributed by atoms with Crippen molar-refractivity contribution in [2.24, 2.45) is 5.92 Å². The Morgan fingerprint density at radius 3 is 2.63 bits per heavy atom. The Morgan fingerprint density at radius 1 is 1.07 bits per heavy atom. The number of fused-ring (bicyclic) bond motifs is 2. The molecule has 1 aliphatic carbocycles. The Hall–Kier alpha value is -3.61. The van der Waals surface area contributed by atoms with Gasteiger partial charge in [-0.05, 0) is 24.1 Å². The standard InChI is InChI=1S/C23H22N4O3/c1-29-18-12-11-15(13-19(18)30-2)21-20-16(9-6-10-17(20)28)24-23-25-22(26-27(21)23)14-7-4-3-5-8-14/h3-5,7-9,11-13,20-21H,6,10H2,1-2H3,(H,24,25,26). The lowest BCUT2D eigenvalue weighted by molar-refractivity contribution is -0.123. The largest absolute Gasteiger partial charge is 0.493 e. The van der Waals surface area contributed by atoms with Crippen LogP contribution in [0.1, 0.15) is 24.4 Å². The number of allylic oxidation sites excluding steroid dienone is 2. The van der Waals surface area contributed by atoms with E-state index >= 15 is 0 Å². The molecule has 2 unspecified atom stereocenters. The van der Waals surface area contributed by atoms with Gasteiger partial charge in [0.1, 0.15) is 5.78 Å². The second-order valence-electron chi connectivity index (χ2n) is 7.40. The van der Waals surface area contributed by atoms with Gasteiger partial charge in [-0.25, -0.2) is 4.68 Å². The summed E-state index contributed by atoms with van der Waals surface area (Å²) in [6, 6.07) is 15.3. The molecule has 2 heterocycles. The predicted octanol–water partition coefficient (Wildman–Crippen LogP) is 3.84. The summed E-state index contributed by atoms with van der Waals surface area (Å²) in [4.78, 5) is 17.7. The summed E-state index contributed by atoms with van der Waals surface area (Å²) in [5.74, 6) is 2.37. The molecule has 2 aliphatic rings. The monoisotopic (exact) mass is 402 g/mol. The van der Waals surface area contributed by atoms with Crippen molar-refractivity contribution < 1.29 is 14.3 Å². The maximum absolute atomic E-state index is 13.0. The molecule has 7 nitrogen and oxygen atoms in total. The van der Waals surface area contributed by atoms with Gasteiger partial charge in [0.05, 0.1) is 26.2 Å². The first-order chi connectivity index (χ1) is 14.7. The van der Waals surface area contributed by atoms with Crippen LogP contribution in [0, 0.1) is 5.92 Å². The van der Waals surface area contributed by atoms with Gasteiger partial charge in [-0.1, -0.05) is 42.5 Å². The van der Waals surface area contributed by atoms with Crippen molar-refractivity contribution >= 4 is 11.7 Å². The average molecular weight is 402 g/mol. The van der Waals surface area contributed by atoms with E-state index in [9.17, 15) is 4.79 Å². The van der Waals surface area contributed by atoms with Crippen molar-refractivity contribution in [2.45, 2.75) is 18.9 Å². The average Bonchev–Trinajstić information content (AvgIpc) is 3.22. The molecule has 30 heavy (non-hydrogen) atoms. The zero-order valence-electron chi connectivity index (χ0n) is 16.8. The third-order valence-electron chi connectivity index (χ3n) is 5.68. The third kappa shape index (κ3) is 2.94. The van der Waals surface area contributed by atoms with Crippen molar-refractivity contribution in [3.8, 4) is 22.9 Å². The van der Waals surface area contributed by atoms with Gasteiger partial charge in [0.15, 0.2) is 17.3 Å². The highest BCUT2D eigenvalue weighted by molar-refractivity contribution is 5.87. The second kappa shape index (κ2) is 7.33. The van der Waals surface area contributed by atoms with E-state index in [0.29, 0.717) is 29.7 Å². The number of ketones is 1. The van der Waals surface area contributed by atoms with E-state index in [0.717, 1.165) is 23.2 Å². The number of Topliss-reactive ketones (excluding diaryl/α,β-unsaturated/α-hetero) is 1. The van der Waals surface area contributed by atoms with Crippen LogP contribution in [0.2, 0.25) is 0 Å². The van der Waals surface area contributed by atoms with Crippen LogP contribution in [0.25, 0.3) is 11.4 Å². The summed E-state index contributed by atoms with van der Waals surface area (Å²) in [6.45, 7) is 0. The van der Waals surface area contributed by atoms with Crippen LogP contribution in [0.5, 0.6) is 11.5 Å². The molecule has 0 saturated carbocycles. The van der Waals surface area contributed by atoms with Gasteiger partial charge in [-0.15, -0.1) is 5.10 Å². The molecule has 2 aromatic carbocycles. The van der Waals surface area contributed by atoms with Gasteiger partial charge < -0.3 is 14.8 Å². The molecule has 5 rings (SSSR count). The molecule has 1 N–H and O–H groups in total. The minimum Gasteiger partial charge on any atom is -0.493 e. The van der Waals surface area contributed by atoms with Crippen LogP contribution in [-0.2, 0) is 4.79 Å². The first-order valence-corrected chi connectivity index (χ1v) is 9.93. The Bertz CT molecular complexity index is 1140. The first kappa shape index (κ1) is 18.4. The van der Waals surface area contributed by atoms with Crippen molar-refractivity contribution in [1.29, 1.82) is 0 Å². The minimum atomic E-state index is -0.338. The minimum absolute atomic E-state index is 0.196. The number of rotatable bonds is 4. The molecule has 0 bridgehead atoms. The summed E-state index contributed by atoms with van der Waals surface area (Å²) in [6.07, 6.45) is 3.35. The van der Waals surface area contributed by atoms with Crippen LogP contribution < -0.4 is 14.8 Å². The van der Waals surface area contributed by atoms with Crippen molar-refractivity contribution in [2.75, 3.05) is 19.5 Å². The number of methoxy groups -OCH3 is 2. The fraction of sp³-hybridized carbons (Fsp3) is 0.261. The lowest BCUT2D eigenvalue weighted by atomic mass is 9.81. The van der Waals surface area contributed by atoms with Crippen LogP contribution in [0.3, 0.4) is 0 Å². The van der Waals surface area contributed by atoms with Crippen LogP contribution >= 0.6 is 0 Å². The maximum atomic E-state index is 13.0. The number of carbonyl (C=O) groups excluding carboxylic acids is 1. The smallest absolute Gasteiger partial charge is 0.226 e. The molecule has 0 fully saturated rings. The zero-order chi connectivity index (χ0) is 20.7. The molecule has 1 aromatic heterocycles. The number of ether oxygens (including phenoxy) is 2. The molecule has 3 aromatic rings. The predicted molar refractivity (Wildman–Crippen MR) is 113 cm³/mol. The molecular weight excluding hydrogens is 380 g/mol. The van der Waals surface area contributed by atoms with E-state index < -0.39 is 0 Å². The number of nitrogens with zero attached hydrogens (tertiary/aromatic N) is 3. The fourth-order valence-electron chi connectivity index (χ4n) is 4.25. The first-order valence-electron chi connectivity index (χ1n) is 9.93. The van der Waals surface area contributed by atoms with Gasteiger partial charge in [-0.3, -0.25) is 4.79 Å². The molecule has 152 valence electrons. The number of carbonyl (C=O) groups is 1. The number of nitrogens with one attached hydrogen (secondary N) is 1. The van der Waals surface area contributed by atoms with E-state index in [1.165, 1.54) is 0 Å². The van der Waals surface area contributed by atoms with Crippen molar-refractivity contribution in [1.82, 2.24) is 14.8 Å². The highest BCUT2D eigenvalue weighted by Crippen LogP contribution is 2.43. The molecule has 7 heteroatoms. The lowest BCUT2D eigenvalue weighted by Gasteiger charge is -2.36. The topological polar surface area (TPSA) is 78.3 Å². The quantitative estimate of drug-likeness (QED) is 0.714. The van der Waals surface area contributed by atoms with E-state index in [1.54, 1.807) is 14.2 Å². The maximum Gasteiger partial charge on any atom is 0.226 e. The van der Waals surface area contributed by atoms with E-state index in [2.05, 4.69) is 11.4 Å². The molecule has 2 atom stereocenters. The SMILES string of the molecule is COc1ccc(C2C3C(=O)CCC=C3Nc3nc(-c4ccccc4)nn32)cc1OC. The molecular formula is C23H22N4O3.